The molecule has 0 aromatic heterocycles. The van der Waals surface area contributed by atoms with Gasteiger partial charge in [-0.15, -0.1) is 0 Å². The van der Waals surface area contributed by atoms with E-state index in [1.54, 1.807) is 0 Å². The summed E-state index contributed by atoms with van der Waals surface area (Å²) in [5.41, 5.74) is -0.0498. The summed E-state index contributed by atoms with van der Waals surface area (Å²) < 4.78 is 23.8. The normalized spacial score (nSPS) is 26.7. The van der Waals surface area contributed by atoms with Crippen molar-refractivity contribution >= 4 is 0 Å². The van der Waals surface area contributed by atoms with Crippen LogP contribution in [0.15, 0.2) is 11.7 Å². The highest BCUT2D eigenvalue weighted by Gasteiger charge is 2.20. The van der Waals surface area contributed by atoms with E-state index in [9.17, 15) is 8.78 Å². The van der Waals surface area contributed by atoms with Gasteiger partial charge in [-0.05, 0) is 19.3 Å². The van der Waals surface area contributed by atoms with Gasteiger partial charge in [0.1, 0.15) is 0 Å². The Morgan fingerprint density at radius 1 is 1.40 bits per heavy atom. The van der Waals surface area contributed by atoms with Crippen molar-refractivity contribution in [1.82, 2.24) is 0 Å². The maximum Gasteiger partial charge on any atom is 0.272 e. The molecule has 0 bridgehead atoms. The van der Waals surface area contributed by atoms with Gasteiger partial charge in [-0.1, -0.05) is 6.42 Å². The molecule has 1 N–H and O–H groups in total. The van der Waals surface area contributed by atoms with E-state index in [4.69, 9.17) is 5.11 Å². The zero-order valence-electron chi connectivity index (χ0n) is 5.61. The predicted molar refractivity (Wildman–Crippen MR) is 33.7 cm³/mol. The first-order valence-corrected chi connectivity index (χ1v) is 3.44. The Kier molecular flexibility index (Phi) is 2.38. The lowest BCUT2D eigenvalue weighted by Crippen LogP contribution is -2.15. The minimum Gasteiger partial charge on any atom is -0.389 e. The molecule has 1 saturated carbocycles. The van der Waals surface area contributed by atoms with Gasteiger partial charge in [-0.25, -0.2) is 0 Å². The lowest BCUT2D eigenvalue weighted by molar-refractivity contribution is 0.168. The molecule has 1 aliphatic carbocycles. The van der Waals surface area contributed by atoms with Crippen LogP contribution >= 0.6 is 0 Å². The van der Waals surface area contributed by atoms with Crippen LogP contribution in [-0.2, 0) is 0 Å². The molecule has 1 aliphatic rings. The summed E-state index contributed by atoms with van der Waals surface area (Å²) in [5.74, 6) is 0. The molecule has 3 heteroatoms. The van der Waals surface area contributed by atoms with Crippen molar-refractivity contribution < 1.29 is 13.9 Å². The molecule has 0 aliphatic heterocycles. The van der Waals surface area contributed by atoms with Gasteiger partial charge >= 0.3 is 0 Å². The van der Waals surface area contributed by atoms with Crippen molar-refractivity contribution in [2.75, 3.05) is 0 Å². The summed E-state index contributed by atoms with van der Waals surface area (Å²) >= 11 is 0. The molecule has 0 amide bonds. The average molecular weight is 148 g/mol. The number of aliphatic hydroxyl groups excluding tert-OH is 1. The fourth-order valence-corrected chi connectivity index (χ4v) is 1.21. The highest BCUT2D eigenvalue weighted by molar-refractivity contribution is 5.10. The smallest absolute Gasteiger partial charge is 0.272 e. The van der Waals surface area contributed by atoms with Crippen molar-refractivity contribution in [3.8, 4) is 0 Å². The third-order valence-corrected chi connectivity index (χ3v) is 1.82. The number of rotatable bonds is 0. The van der Waals surface area contributed by atoms with Crippen LogP contribution in [-0.4, -0.2) is 11.2 Å². The molecule has 1 unspecified atom stereocenters. The number of aliphatic hydroxyl groups is 1. The second-order valence-corrected chi connectivity index (χ2v) is 2.55. The quantitative estimate of drug-likeness (QED) is 0.557. The lowest BCUT2D eigenvalue weighted by Gasteiger charge is -2.18. The second-order valence-electron chi connectivity index (χ2n) is 2.55. The molecular weight excluding hydrogens is 138 g/mol. The van der Waals surface area contributed by atoms with Gasteiger partial charge in [0.25, 0.3) is 6.08 Å². The molecule has 0 aromatic carbocycles. The molecule has 0 heterocycles. The van der Waals surface area contributed by atoms with Crippen molar-refractivity contribution in [1.29, 1.82) is 0 Å². The van der Waals surface area contributed by atoms with Crippen LogP contribution in [0.2, 0.25) is 0 Å². The van der Waals surface area contributed by atoms with E-state index in [0.29, 0.717) is 12.8 Å². The largest absolute Gasteiger partial charge is 0.389 e. The maximum absolute atomic E-state index is 11.9. The molecule has 1 fully saturated rings. The summed E-state index contributed by atoms with van der Waals surface area (Å²) in [6.45, 7) is 0. The Morgan fingerprint density at radius 2 is 2.10 bits per heavy atom. The first kappa shape index (κ1) is 7.66. The van der Waals surface area contributed by atoms with Gasteiger partial charge in [0, 0.05) is 5.57 Å². The zero-order chi connectivity index (χ0) is 7.56. The first-order chi connectivity index (χ1) is 4.72. The SMILES string of the molecule is OC1CCCCC1=C(F)F. The molecule has 0 radical (unpaired) electrons. The average Bonchev–Trinajstić information content (AvgIpc) is 1.88. The van der Waals surface area contributed by atoms with Crippen LogP contribution in [0.1, 0.15) is 25.7 Å². The van der Waals surface area contributed by atoms with Crippen molar-refractivity contribution in [3.05, 3.63) is 11.7 Å². The Bertz CT molecular complexity index is 150. The summed E-state index contributed by atoms with van der Waals surface area (Å²) in [7, 11) is 0. The molecule has 1 rings (SSSR count). The van der Waals surface area contributed by atoms with Crippen molar-refractivity contribution in [2.45, 2.75) is 31.8 Å². The van der Waals surface area contributed by atoms with Crippen LogP contribution in [0.25, 0.3) is 0 Å². The van der Waals surface area contributed by atoms with Crippen molar-refractivity contribution in [3.63, 3.8) is 0 Å². The molecule has 58 valence electrons. The van der Waals surface area contributed by atoms with E-state index in [2.05, 4.69) is 0 Å². The molecule has 10 heavy (non-hydrogen) atoms. The van der Waals surface area contributed by atoms with Gasteiger partial charge in [-0.2, -0.15) is 8.78 Å². The van der Waals surface area contributed by atoms with Crippen molar-refractivity contribution in [2.24, 2.45) is 0 Å². The monoisotopic (exact) mass is 148 g/mol. The fourth-order valence-electron chi connectivity index (χ4n) is 1.21. The topological polar surface area (TPSA) is 20.2 Å². The van der Waals surface area contributed by atoms with E-state index < -0.39 is 12.2 Å². The van der Waals surface area contributed by atoms with E-state index in [1.807, 2.05) is 0 Å². The maximum atomic E-state index is 11.9. The van der Waals surface area contributed by atoms with E-state index in [-0.39, 0.29) is 5.57 Å². The van der Waals surface area contributed by atoms with Gasteiger partial charge in [0.2, 0.25) is 0 Å². The predicted octanol–water partition coefficient (Wildman–Crippen LogP) is 2.07. The van der Waals surface area contributed by atoms with E-state index in [1.165, 1.54) is 0 Å². The minimum absolute atomic E-state index is 0.0498. The molecule has 0 saturated heterocycles. The number of halogens is 2. The Hall–Kier alpha value is -0.440. The second kappa shape index (κ2) is 3.10. The number of hydrogen-bond acceptors (Lipinski definition) is 1. The summed E-state index contributed by atoms with van der Waals surface area (Å²) in [5, 5.41) is 9.00. The van der Waals surface area contributed by atoms with Gasteiger partial charge in [-0.3, -0.25) is 0 Å². The van der Waals surface area contributed by atoms with Gasteiger partial charge in [0.05, 0.1) is 6.10 Å². The molecule has 0 aromatic rings. The van der Waals surface area contributed by atoms with E-state index in [0.717, 1.165) is 12.8 Å². The molecule has 0 spiro atoms. The third-order valence-electron chi connectivity index (χ3n) is 1.82. The summed E-state index contributed by atoms with van der Waals surface area (Å²) in [6, 6.07) is 0. The Labute approximate surface area is 58.4 Å². The van der Waals surface area contributed by atoms with Crippen LogP contribution in [0.5, 0.6) is 0 Å². The Morgan fingerprint density at radius 3 is 2.50 bits per heavy atom. The van der Waals surface area contributed by atoms with Crippen LogP contribution in [0, 0.1) is 0 Å². The summed E-state index contributed by atoms with van der Waals surface area (Å²) in [4.78, 5) is 0. The van der Waals surface area contributed by atoms with Crippen LogP contribution in [0.4, 0.5) is 8.78 Å². The highest BCUT2D eigenvalue weighted by atomic mass is 19.3. The van der Waals surface area contributed by atoms with Gasteiger partial charge < -0.3 is 5.11 Å². The minimum atomic E-state index is -1.69. The molecular formula is C7H10F2O. The Balaban J connectivity index is 2.65. The summed E-state index contributed by atoms with van der Waals surface area (Å²) in [6.07, 6.45) is -0.0661. The van der Waals surface area contributed by atoms with Crippen LogP contribution < -0.4 is 0 Å². The molecule has 1 atom stereocenters. The van der Waals surface area contributed by atoms with E-state index >= 15 is 0 Å². The zero-order valence-corrected chi connectivity index (χ0v) is 5.61. The highest BCUT2D eigenvalue weighted by Crippen LogP contribution is 2.27. The van der Waals surface area contributed by atoms with Crippen LogP contribution in [0.3, 0.4) is 0 Å². The molecule has 1 nitrogen and oxygen atoms in total. The first-order valence-electron chi connectivity index (χ1n) is 3.44. The number of hydrogen-bond donors (Lipinski definition) is 1. The standard InChI is InChI=1S/C7H10F2O/c8-7(9)5-3-1-2-4-6(5)10/h6,10H,1-4H2. The lowest BCUT2D eigenvalue weighted by atomic mass is 9.93. The van der Waals surface area contributed by atoms with Gasteiger partial charge in [0.15, 0.2) is 0 Å². The fraction of sp³-hybridized carbons (Fsp3) is 0.714. The third kappa shape index (κ3) is 1.53.